The molecule has 2 atom stereocenters. The van der Waals surface area contributed by atoms with Gasteiger partial charge in [-0.2, -0.15) is 9.57 Å². The minimum Gasteiger partial charge on any atom is -0.493 e. The Labute approximate surface area is 263 Å². The summed E-state index contributed by atoms with van der Waals surface area (Å²) in [7, 11) is -4.19. The Bertz CT molecular complexity index is 1610. The maximum atomic E-state index is 13.7. The van der Waals surface area contributed by atoms with Crippen molar-refractivity contribution in [2.24, 2.45) is 0 Å². The molecule has 0 aliphatic heterocycles. The number of carbonyl (C=O) groups is 2. The Balaban J connectivity index is 2.34. The van der Waals surface area contributed by atoms with Gasteiger partial charge in [-0.3, -0.25) is 14.8 Å². The van der Waals surface area contributed by atoms with Gasteiger partial charge in [-0.05, 0) is 65.3 Å². The number of aromatic nitrogens is 1. The first-order valence-corrected chi connectivity index (χ1v) is 15.7. The van der Waals surface area contributed by atoms with Crippen molar-refractivity contribution < 1.29 is 32.6 Å². The van der Waals surface area contributed by atoms with Crippen molar-refractivity contribution in [3.63, 3.8) is 0 Å². The third kappa shape index (κ3) is 9.44. The quantitative estimate of drug-likeness (QED) is 0.137. The molecule has 45 heavy (non-hydrogen) atoms. The highest BCUT2D eigenvalue weighted by Crippen LogP contribution is 2.28. The summed E-state index contributed by atoms with van der Waals surface area (Å²) in [6.45, 7) is 16.3. The number of hydrogen-bond acceptors (Lipinski definition) is 11. The van der Waals surface area contributed by atoms with Gasteiger partial charge in [0.2, 0.25) is 15.9 Å². The van der Waals surface area contributed by atoms with Crippen LogP contribution in [0.4, 0.5) is 11.4 Å². The van der Waals surface area contributed by atoms with Crippen LogP contribution >= 0.6 is 0 Å². The number of nitrogens with one attached hydrogen (secondary N) is 2. The fourth-order valence-electron chi connectivity index (χ4n) is 4.10. The zero-order valence-corrected chi connectivity index (χ0v) is 27.3. The molecule has 1 heterocycles. The first-order valence-electron chi connectivity index (χ1n) is 14.3. The van der Waals surface area contributed by atoms with Crippen LogP contribution in [0, 0.1) is 18.3 Å². The standard InChI is InChI=1S/C31H41N5O8S/c1-9-10-15-36-28(37)26(16-32)23(8)27(29(36)38)34-33-24-11-13-25(14-12-24)45(41,42)35(17-21(6)43-30(39)19(2)3)18-22(7)44-31(40)20(4)5/h11-14,21-22,33-34,38H,2,4,9-10,15,17-18H2,1,3,5-8H3. The Hall–Kier alpha value is -4.61. The Morgan fingerprint density at radius 2 is 1.56 bits per heavy atom. The number of hydrazine groups is 1. The van der Waals surface area contributed by atoms with Crippen LogP contribution in [0.3, 0.4) is 0 Å². The summed E-state index contributed by atoms with van der Waals surface area (Å²) in [5, 5.41) is 20.3. The van der Waals surface area contributed by atoms with Crippen LogP contribution < -0.4 is 16.4 Å². The van der Waals surface area contributed by atoms with Crippen molar-refractivity contribution in [3.05, 3.63) is 70.1 Å². The fourth-order valence-corrected chi connectivity index (χ4v) is 5.69. The lowest BCUT2D eigenvalue weighted by Gasteiger charge is -2.28. The number of rotatable bonds is 16. The summed E-state index contributed by atoms with van der Waals surface area (Å²) in [6, 6.07) is 7.52. The number of sulfonamides is 1. The average molecular weight is 644 g/mol. The minimum absolute atomic E-state index is 0.0937. The number of unbranched alkanes of at least 4 members (excludes halogenated alkanes) is 1. The maximum absolute atomic E-state index is 13.7. The van der Waals surface area contributed by atoms with E-state index in [1.54, 1.807) is 0 Å². The molecule has 0 saturated carbocycles. The van der Waals surface area contributed by atoms with Crippen molar-refractivity contribution >= 4 is 33.3 Å². The molecule has 14 heteroatoms. The molecule has 0 aliphatic carbocycles. The summed E-state index contributed by atoms with van der Waals surface area (Å²) in [4.78, 5) is 36.6. The van der Waals surface area contributed by atoms with E-state index in [2.05, 4.69) is 24.0 Å². The SMILES string of the molecule is C=C(C)C(=O)OC(C)CN(CC(C)OC(=O)C(=C)C)S(=O)(=O)c1ccc(NNc2c(C)c(C#N)c(=O)n(CCCC)c2O)cc1. The van der Waals surface area contributed by atoms with Crippen LogP contribution in [-0.4, -0.2) is 59.6 Å². The van der Waals surface area contributed by atoms with Crippen LogP contribution in [0.2, 0.25) is 0 Å². The van der Waals surface area contributed by atoms with E-state index in [-0.39, 0.29) is 58.4 Å². The van der Waals surface area contributed by atoms with Gasteiger partial charge in [0.25, 0.3) is 5.56 Å². The number of hydrogen-bond donors (Lipinski definition) is 3. The molecular weight excluding hydrogens is 602 g/mol. The lowest BCUT2D eigenvalue weighted by molar-refractivity contribution is -0.144. The van der Waals surface area contributed by atoms with Gasteiger partial charge in [0.05, 0.1) is 23.7 Å². The van der Waals surface area contributed by atoms with Gasteiger partial charge in [0.1, 0.15) is 29.5 Å². The van der Waals surface area contributed by atoms with Crippen LogP contribution in [0.5, 0.6) is 5.88 Å². The Morgan fingerprint density at radius 3 is 2.00 bits per heavy atom. The third-order valence-electron chi connectivity index (χ3n) is 6.59. The zero-order chi connectivity index (χ0) is 34.1. The largest absolute Gasteiger partial charge is 0.493 e. The van der Waals surface area contributed by atoms with Crippen molar-refractivity contribution in [2.45, 2.75) is 78.0 Å². The molecular formula is C31H41N5O8S. The summed E-state index contributed by atoms with van der Waals surface area (Å²) in [6.07, 6.45) is -0.321. The maximum Gasteiger partial charge on any atom is 0.333 e. The average Bonchev–Trinajstić information content (AvgIpc) is 2.96. The molecule has 3 N–H and O–H groups in total. The Morgan fingerprint density at radius 1 is 1.04 bits per heavy atom. The first-order chi connectivity index (χ1) is 21.0. The summed E-state index contributed by atoms with van der Waals surface area (Å²) < 4.78 is 40.2. The molecule has 2 rings (SSSR count). The van der Waals surface area contributed by atoms with E-state index in [9.17, 15) is 33.2 Å². The number of esters is 2. The second-order valence-corrected chi connectivity index (χ2v) is 12.6. The number of carbonyl (C=O) groups excluding carboxylic acids is 2. The van der Waals surface area contributed by atoms with E-state index in [1.165, 1.54) is 58.9 Å². The summed E-state index contributed by atoms with van der Waals surface area (Å²) >= 11 is 0. The highest BCUT2D eigenvalue weighted by atomic mass is 32.2. The van der Waals surface area contributed by atoms with Crippen LogP contribution in [0.15, 0.2) is 58.3 Å². The fraction of sp³-hybridized carbons (Fsp3) is 0.419. The number of benzene rings is 1. The van der Waals surface area contributed by atoms with Crippen molar-refractivity contribution in [2.75, 3.05) is 23.9 Å². The van der Waals surface area contributed by atoms with Gasteiger partial charge in [-0.15, -0.1) is 0 Å². The molecule has 13 nitrogen and oxygen atoms in total. The predicted molar refractivity (Wildman–Crippen MR) is 170 cm³/mol. The lowest BCUT2D eigenvalue weighted by atomic mass is 10.1. The molecule has 0 radical (unpaired) electrons. The highest BCUT2D eigenvalue weighted by Gasteiger charge is 2.30. The second kappa shape index (κ2) is 15.9. The number of anilines is 2. The molecule has 244 valence electrons. The van der Waals surface area contributed by atoms with Gasteiger partial charge in [0, 0.05) is 23.3 Å². The minimum atomic E-state index is -4.19. The molecule has 0 fully saturated rings. The van der Waals surface area contributed by atoms with Gasteiger partial charge in [-0.25, -0.2) is 18.0 Å². The van der Waals surface area contributed by atoms with Gasteiger partial charge >= 0.3 is 11.9 Å². The van der Waals surface area contributed by atoms with E-state index < -0.39 is 39.7 Å². The zero-order valence-electron chi connectivity index (χ0n) is 26.5. The van der Waals surface area contributed by atoms with Gasteiger partial charge in [0.15, 0.2) is 0 Å². The molecule has 0 aliphatic rings. The molecule has 0 saturated heterocycles. The molecule has 2 unspecified atom stereocenters. The van der Waals surface area contributed by atoms with Crippen molar-refractivity contribution in [1.29, 1.82) is 5.26 Å². The van der Waals surface area contributed by atoms with Gasteiger partial charge < -0.3 is 20.0 Å². The summed E-state index contributed by atoms with van der Waals surface area (Å²) in [5.41, 5.74) is 6.07. The second-order valence-electron chi connectivity index (χ2n) is 10.7. The molecule has 0 spiro atoms. The number of nitrogens with zero attached hydrogens (tertiary/aromatic N) is 3. The van der Waals surface area contributed by atoms with Gasteiger partial charge in [-0.1, -0.05) is 26.5 Å². The molecule has 1 aromatic carbocycles. The number of ether oxygens (including phenoxy) is 2. The predicted octanol–water partition coefficient (Wildman–Crippen LogP) is 3.98. The third-order valence-corrected chi connectivity index (χ3v) is 8.44. The smallest absolute Gasteiger partial charge is 0.333 e. The first kappa shape index (κ1) is 36.6. The molecule has 0 amide bonds. The number of nitriles is 1. The normalized spacial score (nSPS) is 12.5. The van der Waals surface area contributed by atoms with E-state index in [0.29, 0.717) is 12.1 Å². The van der Waals surface area contributed by atoms with Crippen molar-refractivity contribution in [1.82, 2.24) is 8.87 Å². The van der Waals surface area contributed by atoms with E-state index >= 15 is 0 Å². The van der Waals surface area contributed by atoms with E-state index in [0.717, 1.165) is 15.3 Å². The molecule has 2 aromatic rings. The molecule has 1 aromatic heterocycles. The lowest BCUT2D eigenvalue weighted by Crippen LogP contribution is -2.43. The highest BCUT2D eigenvalue weighted by molar-refractivity contribution is 7.89. The van der Waals surface area contributed by atoms with Crippen LogP contribution in [0.1, 0.15) is 58.6 Å². The van der Waals surface area contributed by atoms with E-state index in [1.807, 2.05) is 13.0 Å². The number of pyridine rings is 1. The molecule has 0 bridgehead atoms. The summed E-state index contributed by atoms with van der Waals surface area (Å²) in [5.74, 6) is -1.68. The van der Waals surface area contributed by atoms with Crippen LogP contribution in [0.25, 0.3) is 0 Å². The van der Waals surface area contributed by atoms with Crippen molar-refractivity contribution in [3.8, 4) is 11.9 Å². The van der Waals surface area contributed by atoms with Crippen LogP contribution in [-0.2, 0) is 35.6 Å². The van der Waals surface area contributed by atoms with E-state index in [4.69, 9.17) is 9.47 Å². The topological polar surface area (TPSA) is 180 Å². The number of aromatic hydroxyl groups is 1. The Kier molecular flexibility index (Phi) is 12.9. The monoisotopic (exact) mass is 643 g/mol.